The van der Waals surface area contributed by atoms with Gasteiger partial charge < -0.3 is 39.2 Å². The number of aromatic hydroxyl groups is 3. The minimum atomic E-state index is -1.38. The number of likely N-dealkylation sites (N-methyl/N-ethyl adjacent to an activating group) is 1. The molecule has 3 N–H and O–H groups in total. The van der Waals surface area contributed by atoms with E-state index in [1.807, 2.05) is 0 Å². The molecule has 0 aromatic heterocycles. The number of hydrogen-bond donors (Lipinski definition) is 3. The van der Waals surface area contributed by atoms with Crippen molar-refractivity contribution in [2.24, 2.45) is 0 Å². The fourth-order valence-corrected chi connectivity index (χ4v) is 6.39. The molecule has 0 aliphatic carbocycles. The van der Waals surface area contributed by atoms with Crippen LogP contribution in [0.25, 0.3) is 6.08 Å². The number of Topliss-reactive ketones (excluding diaryl/α,β-unsaturated/α-hetero) is 1. The van der Waals surface area contributed by atoms with E-state index in [1.54, 1.807) is 40.0 Å². The van der Waals surface area contributed by atoms with E-state index in [1.165, 1.54) is 38.1 Å². The zero-order valence-electron chi connectivity index (χ0n) is 25.2. The summed E-state index contributed by atoms with van der Waals surface area (Å²) in [7, 11) is 5.72. The Morgan fingerprint density at radius 3 is 2.09 bits per heavy atom. The van der Waals surface area contributed by atoms with Crippen molar-refractivity contribution in [3.05, 3.63) is 50.7 Å². The van der Waals surface area contributed by atoms with Gasteiger partial charge in [0.25, 0.3) is 5.91 Å². The average Bonchev–Trinajstić information content (AvgIpc) is 2.98. The topological polar surface area (TPSA) is 155 Å². The molecule has 2 aromatic carbocycles. The molecular weight excluding hydrogens is 560 g/mol. The van der Waals surface area contributed by atoms with Gasteiger partial charge in [-0.25, -0.2) is 4.79 Å². The van der Waals surface area contributed by atoms with Crippen molar-refractivity contribution in [2.45, 2.75) is 45.8 Å². The van der Waals surface area contributed by atoms with Gasteiger partial charge in [-0.05, 0) is 40.8 Å². The summed E-state index contributed by atoms with van der Waals surface area (Å²) in [4.78, 5) is 43.9. The van der Waals surface area contributed by atoms with Crippen LogP contribution in [0.3, 0.4) is 0 Å². The number of rotatable bonds is 6. The third-order valence-corrected chi connectivity index (χ3v) is 8.65. The van der Waals surface area contributed by atoms with Crippen molar-refractivity contribution in [3.8, 4) is 34.5 Å². The van der Waals surface area contributed by atoms with Crippen molar-refractivity contribution < 1.29 is 48.7 Å². The summed E-state index contributed by atoms with van der Waals surface area (Å²) < 4.78 is 22.3. The molecule has 1 fully saturated rings. The number of carbonyl (C=O) groups is 3. The van der Waals surface area contributed by atoms with Crippen LogP contribution < -0.4 is 14.2 Å². The molecule has 5 rings (SSSR count). The van der Waals surface area contributed by atoms with E-state index in [0.29, 0.717) is 16.7 Å². The lowest BCUT2D eigenvalue weighted by atomic mass is 9.77. The van der Waals surface area contributed by atoms with Gasteiger partial charge in [-0.1, -0.05) is 6.08 Å². The van der Waals surface area contributed by atoms with Crippen LogP contribution in [-0.2, 0) is 14.3 Å². The molecular formula is C31H34N2O10. The smallest absolute Gasteiger partial charge is 0.333 e. The molecule has 228 valence electrons. The highest BCUT2D eigenvalue weighted by Crippen LogP contribution is 2.58. The number of ether oxygens (including phenoxy) is 4. The monoisotopic (exact) mass is 594 g/mol. The van der Waals surface area contributed by atoms with E-state index in [9.17, 15) is 29.7 Å². The Morgan fingerprint density at radius 2 is 1.51 bits per heavy atom. The predicted molar refractivity (Wildman–Crippen MR) is 154 cm³/mol. The summed E-state index contributed by atoms with van der Waals surface area (Å²) in [5.41, 5.74) is 1.61. The van der Waals surface area contributed by atoms with E-state index in [0.717, 1.165) is 0 Å². The van der Waals surface area contributed by atoms with E-state index >= 15 is 0 Å². The maximum Gasteiger partial charge on any atom is 0.333 e. The predicted octanol–water partition coefficient (Wildman–Crippen LogP) is 3.43. The van der Waals surface area contributed by atoms with Gasteiger partial charge in [0.2, 0.25) is 0 Å². The summed E-state index contributed by atoms with van der Waals surface area (Å²) in [6, 6.07) is -3.40. The highest BCUT2D eigenvalue weighted by atomic mass is 16.5. The van der Waals surface area contributed by atoms with E-state index in [2.05, 4.69) is 0 Å². The Morgan fingerprint density at radius 1 is 0.907 bits per heavy atom. The van der Waals surface area contributed by atoms with Crippen LogP contribution in [0.2, 0.25) is 0 Å². The van der Waals surface area contributed by atoms with Gasteiger partial charge in [-0.3, -0.25) is 14.5 Å². The first-order chi connectivity index (χ1) is 20.4. The van der Waals surface area contributed by atoms with Gasteiger partial charge in [-0.15, -0.1) is 0 Å². The van der Waals surface area contributed by atoms with Crippen LogP contribution >= 0.6 is 0 Å². The number of nitrogens with zero attached hydrogens (tertiary/aromatic N) is 2. The highest BCUT2D eigenvalue weighted by molar-refractivity contribution is 6.18. The summed E-state index contributed by atoms with van der Waals surface area (Å²) in [6.07, 6.45) is 3.17. The quantitative estimate of drug-likeness (QED) is 0.195. The second-order valence-electron chi connectivity index (χ2n) is 10.7. The van der Waals surface area contributed by atoms with Crippen molar-refractivity contribution in [1.29, 1.82) is 0 Å². The number of phenols is 3. The summed E-state index contributed by atoms with van der Waals surface area (Å²) in [6.45, 7) is 6.06. The lowest BCUT2D eigenvalue weighted by Crippen LogP contribution is -2.62. The summed E-state index contributed by atoms with van der Waals surface area (Å²) >= 11 is 0. The molecule has 0 unspecified atom stereocenters. The first-order valence-corrected chi connectivity index (χ1v) is 13.6. The lowest BCUT2D eigenvalue weighted by molar-refractivity contribution is -0.148. The highest BCUT2D eigenvalue weighted by Gasteiger charge is 2.57. The van der Waals surface area contributed by atoms with Crippen LogP contribution in [-0.4, -0.2) is 83.8 Å². The zero-order valence-corrected chi connectivity index (χ0v) is 25.2. The molecule has 12 heteroatoms. The van der Waals surface area contributed by atoms with E-state index in [-0.39, 0.29) is 63.3 Å². The molecule has 1 saturated heterocycles. The number of carbonyl (C=O) groups excluding carboxylic acids is 3. The zero-order chi connectivity index (χ0) is 31.7. The molecule has 0 radical (unpaired) electrons. The summed E-state index contributed by atoms with van der Waals surface area (Å²) in [5, 5.41) is 33.9. The SMILES string of the molecule is CC=C(C)C(=O)OC[C@H]1c2c(c(O)c(C)c(OC)c2OC)C=C2[C@H]3c4c(O)c(OC)c(C)c(O)c4C(=O)[C@@H](C(=O)N21)N3C. The van der Waals surface area contributed by atoms with Gasteiger partial charge in [0.1, 0.15) is 24.1 Å². The number of benzene rings is 2. The van der Waals surface area contributed by atoms with Crippen molar-refractivity contribution in [1.82, 2.24) is 9.80 Å². The number of piperazine rings is 1. The van der Waals surface area contributed by atoms with Gasteiger partial charge in [0, 0.05) is 39.1 Å². The van der Waals surface area contributed by atoms with Crippen molar-refractivity contribution in [2.75, 3.05) is 35.0 Å². The number of hydrogen-bond acceptors (Lipinski definition) is 11. The molecule has 1 amide bonds. The van der Waals surface area contributed by atoms with Crippen molar-refractivity contribution in [3.63, 3.8) is 0 Å². The number of fused-ring (bicyclic) bond motifs is 7. The van der Waals surface area contributed by atoms with Crippen molar-refractivity contribution >= 4 is 23.7 Å². The molecule has 0 spiro atoms. The maximum absolute atomic E-state index is 14.3. The molecule has 43 heavy (non-hydrogen) atoms. The molecule has 12 nitrogen and oxygen atoms in total. The Hall–Kier alpha value is -4.71. The number of ketones is 1. The van der Waals surface area contributed by atoms with Crippen LogP contribution in [0.4, 0.5) is 0 Å². The molecule has 3 heterocycles. The Bertz CT molecular complexity index is 1660. The number of methoxy groups -OCH3 is 3. The largest absolute Gasteiger partial charge is 0.507 e. The van der Waals surface area contributed by atoms with Gasteiger partial charge in [0.05, 0.1) is 32.9 Å². The van der Waals surface area contributed by atoms with Crippen LogP contribution in [0.15, 0.2) is 17.3 Å². The molecule has 0 saturated carbocycles. The third-order valence-electron chi connectivity index (χ3n) is 8.65. The summed E-state index contributed by atoms with van der Waals surface area (Å²) in [5.74, 6) is -2.47. The molecule has 3 atom stereocenters. The molecule has 3 aliphatic heterocycles. The van der Waals surface area contributed by atoms with E-state index in [4.69, 9.17) is 18.9 Å². The van der Waals surface area contributed by atoms with Gasteiger partial charge in [-0.2, -0.15) is 0 Å². The first-order valence-electron chi connectivity index (χ1n) is 13.6. The standard InChI is InChI=1S/C31H34N2O10/c1-9-12(2)31(39)43-11-17-18-15(23(34)13(3)28(41-7)29(18)42-8)10-16-21-19-20(24(35)14(4)27(40-6)26(19)37)25(36)22(32(21)5)30(38)33(16)17/h9-10,17,21-22,34-35,37H,11H2,1-8H3/t17-,21-,22-/m0/s1. The van der Waals surface area contributed by atoms with Crippen LogP contribution in [0.5, 0.6) is 34.5 Å². The second kappa shape index (κ2) is 10.5. The Labute approximate surface area is 248 Å². The van der Waals surface area contributed by atoms with Crippen LogP contribution in [0, 0.1) is 13.8 Å². The van der Waals surface area contributed by atoms with E-state index < -0.39 is 41.5 Å². The molecule has 2 aromatic rings. The second-order valence-corrected chi connectivity index (χ2v) is 10.7. The average molecular weight is 595 g/mol. The van der Waals surface area contributed by atoms with Gasteiger partial charge >= 0.3 is 5.97 Å². The first kappa shape index (κ1) is 29.8. The minimum absolute atomic E-state index is 0.0198. The number of phenolic OH excluding ortho intramolecular Hbond substituents is 3. The number of allylic oxidation sites excluding steroid dienone is 1. The fraction of sp³-hybridized carbons (Fsp3) is 0.387. The minimum Gasteiger partial charge on any atom is -0.507 e. The number of esters is 1. The molecule has 3 aliphatic rings. The Kier molecular flexibility index (Phi) is 7.29. The maximum atomic E-state index is 14.3. The number of amides is 1. The third kappa shape index (κ3) is 3.96. The Balaban J connectivity index is 1.85. The normalized spacial score (nSPS) is 21.0. The lowest BCUT2D eigenvalue weighted by Gasteiger charge is -2.52. The van der Waals surface area contributed by atoms with Crippen LogP contribution in [0.1, 0.15) is 64.1 Å². The fourth-order valence-electron chi connectivity index (χ4n) is 6.39. The van der Waals surface area contributed by atoms with Gasteiger partial charge in [0.15, 0.2) is 34.8 Å². The molecule has 2 bridgehead atoms.